The Morgan fingerprint density at radius 1 is 1.56 bits per heavy atom. The summed E-state index contributed by atoms with van der Waals surface area (Å²) in [7, 11) is -1.70. The molecular formula is C12H20N2O2S2. The molecule has 4 nitrogen and oxygen atoms in total. The largest absolute Gasteiger partial charge is 0.326 e. The second kappa shape index (κ2) is 4.92. The van der Waals surface area contributed by atoms with Gasteiger partial charge in [-0.2, -0.15) is 4.31 Å². The van der Waals surface area contributed by atoms with Crippen molar-refractivity contribution in [2.24, 2.45) is 11.7 Å². The minimum absolute atomic E-state index is 0.0793. The predicted molar refractivity (Wildman–Crippen MR) is 74.1 cm³/mol. The molecule has 1 saturated carbocycles. The van der Waals surface area contributed by atoms with Crippen LogP contribution in [-0.2, 0) is 16.6 Å². The van der Waals surface area contributed by atoms with Crippen LogP contribution >= 0.6 is 11.3 Å². The Morgan fingerprint density at radius 3 is 2.61 bits per heavy atom. The fraction of sp³-hybridized carbons (Fsp3) is 0.667. The van der Waals surface area contributed by atoms with Gasteiger partial charge in [0, 0.05) is 29.4 Å². The van der Waals surface area contributed by atoms with Gasteiger partial charge in [-0.1, -0.05) is 0 Å². The third-order valence-corrected chi connectivity index (χ3v) is 6.93. The smallest absolute Gasteiger partial charge is 0.244 e. The summed E-state index contributed by atoms with van der Waals surface area (Å²) in [4.78, 5) is 2.16. The van der Waals surface area contributed by atoms with Crippen molar-refractivity contribution >= 4 is 21.4 Å². The molecule has 0 aromatic carbocycles. The Labute approximate surface area is 113 Å². The molecule has 2 rings (SSSR count). The first-order valence-corrected chi connectivity index (χ1v) is 8.41. The van der Waals surface area contributed by atoms with Crippen molar-refractivity contribution in [2.45, 2.75) is 44.2 Å². The number of nitrogens with two attached hydrogens (primary N) is 1. The maximum Gasteiger partial charge on any atom is 0.244 e. The zero-order valence-electron chi connectivity index (χ0n) is 11.0. The minimum Gasteiger partial charge on any atom is -0.326 e. The molecule has 1 aromatic rings. The maximum atomic E-state index is 12.5. The molecule has 0 amide bonds. The first-order chi connectivity index (χ1) is 8.37. The summed E-state index contributed by atoms with van der Waals surface area (Å²) in [5, 5.41) is 0. The van der Waals surface area contributed by atoms with Gasteiger partial charge in [0.15, 0.2) is 0 Å². The minimum atomic E-state index is -3.37. The number of hydrogen-bond donors (Lipinski definition) is 1. The van der Waals surface area contributed by atoms with E-state index in [4.69, 9.17) is 5.73 Å². The lowest BCUT2D eigenvalue weighted by Crippen LogP contribution is -2.36. The van der Waals surface area contributed by atoms with Crippen molar-refractivity contribution in [3.63, 3.8) is 0 Å². The lowest BCUT2D eigenvalue weighted by atomic mass is 10.2. The number of aryl methyl sites for hydroxylation is 1. The zero-order valence-corrected chi connectivity index (χ0v) is 12.6. The summed E-state index contributed by atoms with van der Waals surface area (Å²) >= 11 is 1.46. The molecule has 0 spiro atoms. The topological polar surface area (TPSA) is 63.4 Å². The molecule has 1 aliphatic carbocycles. The second-order valence-electron chi connectivity index (χ2n) is 4.94. The zero-order chi connectivity index (χ0) is 13.5. The average molecular weight is 288 g/mol. The van der Waals surface area contributed by atoms with E-state index in [9.17, 15) is 8.42 Å². The highest BCUT2D eigenvalue weighted by molar-refractivity contribution is 7.89. The number of rotatable bonds is 5. The van der Waals surface area contributed by atoms with E-state index < -0.39 is 10.0 Å². The lowest BCUT2D eigenvalue weighted by Gasteiger charge is -2.24. The Morgan fingerprint density at radius 2 is 2.17 bits per heavy atom. The third-order valence-electron chi connectivity index (χ3n) is 3.66. The van der Waals surface area contributed by atoms with Crippen LogP contribution < -0.4 is 5.73 Å². The standard InChI is InChI=1S/C12H20N2O2S2/c1-8(10-4-5-10)14(3)18(15,16)12-6-11(7-13)17-9(12)2/h6,8,10H,4-5,7,13H2,1-3H3. The Hall–Kier alpha value is -0.430. The molecule has 2 N–H and O–H groups in total. The highest BCUT2D eigenvalue weighted by atomic mass is 32.2. The lowest BCUT2D eigenvalue weighted by molar-refractivity contribution is 0.357. The highest BCUT2D eigenvalue weighted by Crippen LogP contribution is 2.37. The van der Waals surface area contributed by atoms with Crippen LogP contribution in [0.4, 0.5) is 0 Å². The fourth-order valence-electron chi connectivity index (χ4n) is 2.13. The van der Waals surface area contributed by atoms with E-state index in [1.54, 1.807) is 13.1 Å². The molecule has 6 heteroatoms. The fourth-order valence-corrected chi connectivity index (χ4v) is 5.03. The van der Waals surface area contributed by atoms with Gasteiger partial charge in [0.25, 0.3) is 0 Å². The summed E-state index contributed by atoms with van der Waals surface area (Å²) in [6.45, 7) is 4.22. The molecule has 1 heterocycles. The Balaban J connectivity index is 2.31. The van der Waals surface area contributed by atoms with E-state index in [1.807, 2.05) is 13.8 Å². The van der Waals surface area contributed by atoms with Gasteiger partial charge >= 0.3 is 0 Å². The molecule has 1 unspecified atom stereocenters. The molecule has 102 valence electrons. The molecule has 1 fully saturated rings. The Kier molecular flexibility index (Phi) is 3.82. The van der Waals surface area contributed by atoms with Crippen LogP contribution in [0.25, 0.3) is 0 Å². The molecule has 1 atom stereocenters. The summed E-state index contributed by atoms with van der Waals surface area (Å²) in [5.41, 5.74) is 5.57. The molecule has 1 aliphatic rings. The average Bonchev–Trinajstić information content (AvgIpc) is 3.10. The van der Waals surface area contributed by atoms with Gasteiger partial charge < -0.3 is 5.73 Å². The van der Waals surface area contributed by atoms with E-state index >= 15 is 0 Å². The molecule has 0 radical (unpaired) electrons. The summed E-state index contributed by atoms with van der Waals surface area (Å²) in [6.07, 6.45) is 2.27. The molecule has 18 heavy (non-hydrogen) atoms. The third kappa shape index (κ3) is 2.47. The SMILES string of the molecule is Cc1sc(CN)cc1S(=O)(=O)N(C)C(C)C1CC1. The number of nitrogens with zero attached hydrogens (tertiary/aromatic N) is 1. The normalized spacial score (nSPS) is 18.3. The van der Waals surface area contributed by atoms with Crippen molar-refractivity contribution < 1.29 is 8.42 Å². The second-order valence-corrected chi connectivity index (χ2v) is 8.24. The van der Waals surface area contributed by atoms with Crippen LogP contribution in [0.15, 0.2) is 11.0 Å². The first kappa shape index (κ1) is 14.0. The first-order valence-electron chi connectivity index (χ1n) is 6.15. The van der Waals surface area contributed by atoms with E-state index in [0.717, 1.165) is 22.6 Å². The number of thiophene rings is 1. The van der Waals surface area contributed by atoms with Crippen LogP contribution in [0.5, 0.6) is 0 Å². The van der Waals surface area contributed by atoms with Crippen molar-refractivity contribution in [3.8, 4) is 0 Å². The van der Waals surface area contributed by atoms with Crippen molar-refractivity contribution in [3.05, 3.63) is 15.8 Å². The van der Waals surface area contributed by atoms with Crippen molar-refractivity contribution in [1.29, 1.82) is 0 Å². The van der Waals surface area contributed by atoms with Crippen molar-refractivity contribution in [1.82, 2.24) is 4.31 Å². The van der Waals surface area contributed by atoms with Crippen LogP contribution in [0.1, 0.15) is 29.5 Å². The van der Waals surface area contributed by atoms with E-state index in [1.165, 1.54) is 15.6 Å². The van der Waals surface area contributed by atoms with Crippen LogP contribution in [-0.4, -0.2) is 25.8 Å². The van der Waals surface area contributed by atoms with Crippen LogP contribution in [0.3, 0.4) is 0 Å². The van der Waals surface area contributed by atoms with Gasteiger partial charge in [-0.05, 0) is 38.7 Å². The van der Waals surface area contributed by atoms with Gasteiger partial charge in [0.2, 0.25) is 10.0 Å². The summed E-state index contributed by atoms with van der Waals surface area (Å²) in [6, 6.07) is 1.79. The van der Waals surface area contributed by atoms with Gasteiger partial charge in [-0.3, -0.25) is 0 Å². The van der Waals surface area contributed by atoms with Gasteiger partial charge in [0.1, 0.15) is 0 Å². The van der Waals surface area contributed by atoms with E-state index in [0.29, 0.717) is 17.4 Å². The molecular weight excluding hydrogens is 268 g/mol. The molecule has 0 aliphatic heterocycles. The van der Waals surface area contributed by atoms with Gasteiger partial charge in [-0.15, -0.1) is 11.3 Å². The molecule has 0 saturated heterocycles. The molecule has 0 bridgehead atoms. The maximum absolute atomic E-state index is 12.5. The number of hydrogen-bond acceptors (Lipinski definition) is 4. The van der Waals surface area contributed by atoms with Crippen LogP contribution in [0, 0.1) is 12.8 Å². The quantitative estimate of drug-likeness (QED) is 0.900. The highest BCUT2D eigenvalue weighted by Gasteiger charge is 2.36. The van der Waals surface area contributed by atoms with Crippen LogP contribution in [0.2, 0.25) is 0 Å². The molecule has 1 aromatic heterocycles. The van der Waals surface area contributed by atoms with E-state index in [-0.39, 0.29) is 6.04 Å². The summed E-state index contributed by atoms with van der Waals surface area (Å²) < 4.78 is 26.6. The number of sulfonamides is 1. The van der Waals surface area contributed by atoms with E-state index in [2.05, 4.69) is 0 Å². The summed E-state index contributed by atoms with van der Waals surface area (Å²) in [5.74, 6) is 0.526. The Bertz CT molecular complexity index is 532. The van der Waals surface area contributed by atoms with Gasteiger partial charge in [-0.25, -0.2) is 8.42 Å². The van der Waals surface area contributed by atoms with Crippen molar-refractivity contribution in [2.75, 3.05) is 7.05 Å². The van der Waals surface area contributed by atoms with Gasteiger partial charge in [0.05, 0.1) is 4.90 Å². The monoisotopic (exact) mass is 288 g/mol. The predicted octanol–water partition coefficient (Wildman–Crippen LogP) is 1.93.